The molecule has 0 spiro atoms. The molecule has 0 radical (unpaired) electrons. The van der Waals surface area contributed by atoms with Gasteiger partial charge in [-0.2, -0.15) is 0 Å². The van der Waals surface area contributed by atoms with Gasteiger partial charge in [0.25, 0.3) is 0 Å². The van der Waals surface area contributed by atoms with Crippen LogP contribution in [-0.2, 0) is 32.1 Å². The van der Waals surface area contributed by atoms with E-state index in [1.807, 2.05) is 41.3 Å². The molecule has 3 atom stereocenters. The van der Waals surface area contributed by atoms with Gasteiger partial charge in [-0.05, 0) is 66.8 Å². The van der Waals surface area contributed by atoms with Crippen molar-refractivity contribution in [3.63, 3.8) is 0 Å². The largest absolute Gasteiger partial charge is 0.444 e. The van der Waals surface area contributed by atoms with Gasteiger partial charge in [0, 0.05) is 24.0 Å². The Morgan fingerprint density at radius 2 is 1.79 bits per heavy atom. The van der Waals surface area contributed by atoms with Crippen LogP contribution in [0.2, 0.25) is 5.02 Å². The van der Waals surface area contributed by atoms with Crippen LogP contribution in [0.1, 0.15) is 62.5 Å². The summed E-state index contributed by atoms with van der Waals surface area (Å²) in [4.78, 5) is 52.7. The number of ether oxygens (including phenoxy) is 1. The SMILES string of the molecule is O=CC(CC1CCN(CCc2ccccc2)C1=O)NC(=O)[C@H](CC1CCCCC1)SNC(=O)OCc1cccc(Cl)c1. The molecule has 0 aromatic heterocycles. The molecule has 2 N–H and O–H groups in total. The second kappa shape index (κ2) is 16.6. The summed E-state index contributed by atoms with van der Waals surface area (Å²) in [5, 5.41) is 2.83. The van der Waals surface area contributed by atoms with Gasteiger partial charge < -0.3 is 19.7 Å². The summed E-state index contributed by atoms with van der Waals surface area (Å²) in [6.07, 6.45) is 7.88. The van der Waals surface area contributed by atoms with Crippen molar-refractivity contribution in [1.82, 2.24) is 14.9 Å². The second-order valence-electron chi connectivity index (χ2n) is 11.2. The number of likely N-dealkylation sites (tertiary alicyclic amines) is 1. The van der Waals surface area contributed by atoms with E-state index >= 15 is 0 Å². The van der Waals surface area contributed by atoms with Gasteiger partial charge in [0.05, 0.1) is 6.04 Å². The molecule has 2 aromatic rings. The van der Waals surface area contributed by atoms with E-state index < -0.39 is 17.4 Å². The van der Waals surface area contributed by atoms with E-state index in [4.69, 9.17) is 16.3 Å². The van der Waals surface area contributed by atoms with E-state index in [2.05, 4.69) is 10.0 Å². The Balaban J connectivity index is 1.28. The maximum atomic E-state index is 13.4. The average molecular weight is 614 g/mol. The molecule has 1 aliphatic carbocycles. The van der Waals surface area contributed by atoms with Crippen molar-refractivity contribution in [2.45, 2.75) is 75.7 Å². The van der Waals surface area contributed by atoms with Crippen molar-refractivity contribution in [2.24, 2.45) is 11.8 Å². The number of hydrogen-bond donors (Lipinski definition) is 2. The summed E-state index contributed by atoms with van der Waals surface area (Å²) >= 11 is 7.02. The van der Waals surface area contributed by atoms with Crippen LogP contribution in [0.25, 0.3) is 0 Å². The van der Waals surface area contributed by atoms with E-state index in [0.29, 0.717) is 43.2 Å². The molecule has 1 aliphatic heterocycles. The summed E-state index contributed by atoms with van der Waals surface area (Å²) < 4.78 is 7.96. The summed E-state index contributed by atoms with van der Waals surface area (Å²) in [5.74, 6) is -0.218. The van der Waals surface area contributed by atoms with Crippen LogP contribution in [0, 0.1) is 11.8 Å². The molecule has 2 aromatic carbocycles. The van der Waals surface area contributed by atoms with Gasteiger partial charge in [0.1, 0.15) is 18.1 Å². The molecule has 1 heterocycles. The van der Waals surface area contributed by atoms with Crippen LogP contribution in [0.3, 0.4) is 0 Å². The van der Waals surface area contributed by atoms with Crippen molar-refractivity contribution < 1.29 is 23.9 Å². The first kappa shape index (κ1) is 31.9. The quantitative estimate of drug-likeness (QED) is 0.209. The average Bonchev–Trinajstić information content (AvgIpc) is 3.36. The highest BCUT2D eigenvalue weighted by Crippen LogP contribution is 2.31. The number of benzene rings is 2. The lowest BCUT2D eigenvalue weighted by molar-refractivity contribution is -0.132. The van der Waals surface area contributed by atoms with Gasteiger partial charge in [0.2, 0.25) is 11.8 Å². The highest BCUT2D eigenvalue weighted by atomic mass is 35.5. The first-order valence-electron chi connectivity index (χ1n) is 14.8. The van der Waals surface area contributed by atoms with Crippen molar-refractivity contribution in [3.05, 3.63) is 70.7 Å². The normalized spacial score (nSPS) is 18.7. The number of amides is 3. The minimum atomic E-state index is -0.773. The topological polar surface area (TPSA) is 105 Å². The fraction of sp³-hybridized carbons (Fsp3) is 0.500. The number of nitrogens with zero attached hydrogens (tertiary/aromatic N) is 1. The predicted octanol–water partition coefficient (Wildman–Crippen LogP) is 5.72. The Morgan fingerprint density at radius 1 is 1.02 bits per heavy atom. The van der Waals surface area contributed by atoms with Gasteiger partial charge >= 0.3 is 6.09 Å². The maximum Gasteiger partial charge on any atom is 0.417 e. The van der Waals surface area contributed by atoms with E-state index in [9.17, 15) is 19.2 Å². The fourth-order valence-electron chi connectivity index (χ4n) is 5.74. The van der Waals surface area contributed by atoms with Gasteiger partial charge in [-0.3, -0.25) is 14.3 Å². The van der Waals surface area contributed by atoms with E-state index in [1.165, 1.54) is 12.0 Å². The van der Waals surface area contributed by atoms with Crippen molar-refractivity contribution in [3.8, 4) is 0 Å². The number of carbonyl (C=O) groups is 4. The zero-order valence-corrected chi connectivity index (χ0v) is 25.4. The highest BCUT2D eigenvalue weighted by Gasteiger charge is 2.34. The number of hydrogen-bond acceptors (Lipinski definition) is 6. The Labute approximate surface area is 257 Å². The minimum absolute atomic E-state index is 0.0317. The van der Waals surface area contributed by atoms with Crippen molar-refractivity contribution >= 4 is 47.7 Å². The van der Waals surface area contributed by atoms with E-state index in [0.717, 1.165) is 49.6 Å². The molecule has 2 unspecified atom stereocenters. The van der Waals surface area contributed by atoms with Crippen LogP contribution in [0.15, 0.2) is 54.6 Å². The molecule has 1 saturated heterocycles. The third kappa shape index (κ3) is 10.1. The summed E-state index contributed by atoms with van der Waals surface area (Å²) in [5.41, 5.74) is 1.93. The van der Waals surface area contributed by atoms with Crippen LogP contribution < -0.4 is 10.0 Å². The van der Waals surface area contributed by atoms with Crippen LogP contribution in [0.4, 0.5) is 4.79 Å². The first-order valence-corrected chi connectivity index (χ1v) is 16.1. The highest BCUT2D eigenvalue weighted by molar-refractivity contribution is 7.99. The number of rotatable bonds is 14. The molecular formula is C32H40ClN3O5S. The van der Waals surface area contributed by atoms with Gasteiger partial charge in [-0.25, -0.2) is 4.79 Å². The lowest BCUT2D eigenvalue weighted by Gasteiger charge is -2.26. The Morgan fingerprint density at radius 3 is 2.52 bits per heavy atom. The smallest absolute Gasteiger partial charge is 0.417 e. The number of nitrogens with one attached hydrogen (secondary N) is 2. The Kier molecular flexibility index (Phi) is 12.6. The molecule has 10 heteroatoms. The third-order valence-electron chi connectivity index (χ3n) is 8.06. The fourth-order valence-corrected chi connectivity index (χ4v) is 6.80. The zero-order valence-electron chi connectivity index (χ0n) is 23.8. The summed E-state index contributed by atoms with van der Waals surface area (Å²) in [6.45, 7) is 1.34. The maximum absolute atomic E-state index is 13.4. The second-order valence-corrected chi connectivity index (χ2v) is 12.6. The molecule has 42 heavy (non-hydrogen) atoms. The van der Waals surface area contributed by atoms with Crippen molar-refractivity contribution in [2.75, 3.05) is 13.1 Å². The lowest BCUT2D eigenvalue weighted by Crippen LogP contribution is -2.44. The molecule has 3 amide bonds. The van der Waals surface area contributed by atoms with E-state index in [-0.39, 0.29) is 30.8 Å². The van der Waals surface area contributed by atoms with Crippen LogP contribution in [0.5, 0.6) is 0 Å². The lowest BCUT2D eigenvalue weighted by atomic mass is 9.86. The third-order valence-corrected chi connectivity index (χ3v) is 9.27. The predicted molar refractivity (Wildman–Crippen MR) is 165 cm³/mol. The molecule has 1 saturated carbocycles. The standard InChI is InChI=1S/C32H40ClN3O5S/c33-27-13-7-12-25(18-27)22-41-32(40)35-42-29(19-24-10-5-2-6-11-24)30(38)34-28(21-37)20-26-15-17-36(31(26)39)16-14-23-8-3-1-4-9-23/h1,3-4,7-9,12-13,18,21,24,26,28-29H,2,5-6,10-11,14-17,19-20,22H2,(H,34,38)(H,35,40)/t26?,28?,29-/m0/s1. The van der Waals surface area contributed by atoms with E-state index in [1.54, 1.807) is 18.2 Å². The molecule has 2 aliphatic rings. The van der Waals surface area contributed by atoms with Crippen molar-refractivity contribution in [1.29, 1.82) is 0 Å². The van der Waals surface area contributed by atoms with Crippen LogP contribution in [-0.4, -0.2) is 53.5 Å². The molecular weight excluding hydrogens is 574 g/mol. The van der Waals surface area contributed by atoms with Crippen LogP contribution >= 0.6 is 23.5 Å². The summed E-state index contributed by atoms with van der Waals surface area (Å²) in [7, 11) is 0. The molecule has 8 nitrogen and oxygen atoms in total. The molecule has 4 rings (SSSR count). The number of carbonyl (C=O) groups excluding carboxylic acids is 4. The Bertz CT molecular complexity index is 1190. The van der Waals surface area contributed by atoms with Gasteiger partial charge in [0.15, 0.2) is 0 Å². The number of halogens is 1. The molecule has 2 fully saturated rings. The molecule has 0 bridgehead atoms. The zero-order chi connectivity index (χ0) is 29.7. The number of aldehydes is 1. The van der Waals surface area contributed by atoms with Gasteiger partial charge in [-0.15, -0.1) is 0 Å². The molecule has 226 valence electrons. The monoisotopic (exact) mass is 613 g/mol. The van der Waals surface area contributed by atoms with Gasteiger partial charge in [-0.1, -0.05) is 86.2 Å². The minimum Gasteiger partial charge on any atom is -0.444 e. The summed E-state index contributed by atoms with van der Waals surface area (Å²) in [6, 6.07) is 16.3. The Hall–Kier alpha value is -3.04. The first-order chi connectivity index (χ1) is 20.4.